The van der Waals surface area contributed by atoms with E-state index in [1.165, 1.54) is 44.1 Å². The van der Waals surface area contributed by atoms with Crippen LogP contribution < -0.4 is 9.47 Å². The van der Waals surface area contributed by atoms with Crippen LogP contribution in [0.4, 0.5) is 4.39 Å². The molecule has 2 aromatic carbocycles. The molecular weight excluding hydrogens is 423 g/mol. The second kappa shape index (κ2) is 12.2. The van der Waals surface area contributed by atoms with E-state index in [1.807, 2.05) is 0 Å². The third-order valence-corrected chi connectivity index (χ3v) is 5.68. The fourth-order valence-corrected chi connectivity index (χ4v) is 3.85. The molecule has 0 fully saturated rings. The molecule has 0 saturated carbocycles. The summed E-state index contributed by atoms with van der Waals surface area (Å²) in [5, 5.41) is 9.94. The van der Waals surface area contributed by atoms with Gasteiger partial charge in [-0.05, 0) is 81.3 Å². The maximum Gasteiger partial charge on any atom is 0.339 e. The lowest BCUT2D eigenvalue weighted by Gasteiger charge is -2.20. The topological polar surface area (TPSA) is 72.8 Å². The number of benzene rings is 2. The zero-order chi connectivity index (χ0) is 24.5. The number of hydrogen-bond donors (Lipinski definition) is 1. The molecule has 0 aliphatic heterocycles. The standard InChI is InChI=1S/C27H33FO5/c1-17(2)7-6-8-18(3)9-14-22-24(32-4)16-20(25(27(30)31)26(22)33-5)15-23(29)19-10-12-21(28)13-11-19/h7,10-13,16,18H,6,8-9,14-15H2,1-5H3,(H,30,31). The van der Waals surface area contributed by atoms with Gasteiger partial charge in [-0.3, -0.25) is 4.79 Å². The van der Waals surface area contributed by atoms with Crippen LogP contribution in [0.5, 0.6) is 11.5 Å². The number of Topliss-reactive ketones (excluding diaryl/α,β-unsaturated/α-hetero) is 1. The average Bonchev–Trinajstić information content (AvgIpc) is 2.77. The van der Waals surface area contributed by atoms with Crippen molar-refractivity contribution in [2.24, 2.45) is 5.92 Å². The second-order valence-corrected chi connectivity index (χ2v) is 8.54. The number of hydrogen-bond acceptors (Lipinski definition) is 4. The largest absolute Gasteiger partial charge is 0.496 e. The van der Waals surface area contributed by atoms with E-state index in [0.717, 1.165) is 19.3 Å². The van der Waals surface area contributed by atoms with Crippen molar-refractivity contribution in [2.75, 3.05) is 14.2 Å². The summed E-state index contributed by atoms with van der Waals surface area (Å²) in [4.78, 5) is 24.9. The fourth-order valence-electron chi connectivity index (χ4n) is 3.85. The van der Waals surface area contributed by atoms with Crippen LogP contribution in [0.2, 0.25) is 0 Å². The van der Waals surface area contributed by atoms with Gasteiger partial charge in [0.05, 0.1) is 14.2 Å². The van der Waals surface area contributed by atoms with E-state index in [4.69, 9.17) is 9.47 Å². The Balaban J connectivity index is 2.35. The lowest BCUT2D eigenvalue weighted by molar-refractivity contribution is 0.0692. The summed E-state index contributed by atoms with van der Waals surface area (Å²) >= 11 is 0. The van der Waals surface area contributed by atoms with E-state index in [9.17, 15) is 19.1 Å². The van der Waals surface area contributed by atoms with Gasteiger partial charge < -0.3 is 14.6 Å². The number of carbonyl (C=O) groups is 2. The van der Waals surface area contributed by atoms with Gasteiger partial charge in [0.2, 0.25) is 0 Å². The zero-order valence-corrected chi connectivity index (χ0v) is 20.0. The Labute approximate surface area is 195 Å². The Kier molecular flexibility index (Phi) is 9.64. The average molecular weight is 457 g/mol. The Hall–Kier alpha value is -3.15. The molecule has 2 aromatic rings. The summed E-state index contributed by atoms with van der Waals surface area (Å²) in [5.74, 6) is -0.782. The summed E-state index contributed by atoms with van der Waals surface area (Å²) in [6.45, 7) is 6.33. The van der Waals surface area contributed by atoms with E-state index >= 15 is 0 Å². The zero-order valence-electron chi connectivity index (χ0n) is 20.0. The highest BCUT2D eigenvalue weighted by molar-refractivity contribution is 6.01. The van der Waals surface area contributed by atoms with Gasteiger partial charge in [0.25, 0.3) is 0 Å². The number of allylic oxidation sites excluding steroid dienone is 2. The van der Waals surface area contributed by atoms with Gasteiger partial charge >= 0.3 is 5.97 Å². The maximum absolute atomic E-state index is 13.2. The molecule has 0 aliphatic rings. The van der Waals surface area contributed by atoms with E-state index < -0.39 is 11.8 Å². The predicted octanol–water partition coefficient (Wildman–Crippen LogP) is 6.28. The molecule has 1 N–H and O–H groups in total. The number of ketones is 1. The Morgan fingerprint density at radius 2 is 1.76 bits per heavy atom. The third kappa shape index (κ3) is 7.17. The molecule has 0 aromatic heterocycles. The first kappa shape index (κ1) is 26.1. The first-order valence-electron chi connectivity index (χ1n) is 11.1. The molecule has 2 rings (SSSR count). The number of carboxylic acids is 1. The highest BCUT2D eigenvalue weighted by Crippen LogP contribution is 2.37. The minimum absolute atomic E-state index is 0.0408. The van der Waals surface area contributed by atoms with Crippen molar-refractivity contribution in [2.45, 2.75) is 52.9 Å². The van der Waals surface area contributed by atoms with Crippen molar-refractivity contribution in [3.05, 3.63) is 70.1 Å². The molecule has 0 amide bonds. The van der Waals surface area contributed by atoms with Gasteiger partial charge in [0, 0.05) is 17.5 Å². The fraction of sp³-hybridized carbons (Fsp3) is 0.407. The first-order valence-corrected chi connectivity index (χ1v) is 11.1. The van der Waals surface area contributed by atoms with Crippen LogP contribution in [0, 0.1) is 11.7 Å². The molecule has 6 heteroatoms. The summed E-state index contributed by atoms with van der Waals surface area (Å²) in [6.07, 6.45) is 5.52. The second-order valence-electron chi connectivity index (χ2n) is 8.54. The summed E-state index contributed by atoms with van der Waals surface area (Å²) in [6, 6.07) is 6.79. The number of ether oxygens (including phenoxy) is 2. The minimum Gasteiger partial charge on any atom is -0.496 e. The Morgan fingerprint density at radius 3 is 2.30 bits per heavy atom. The molecule has 1 unspecified atom stereocenters. The predicted molar refractivity (Wildman–Crippen MR) is 127 cm³/mol. The Bertz CT molecular complexity index is 1000. The van der Waals surface area contributed by atoms with E-state index in [-0.39, 0.29) is 23.5 Å². The maximum atomic E-state index is 13.2. The molecular formula is C27H33FO5. The van der Waals surface area contributed by atoms with Crippen molar-refractivity contribution < 1.29 is 28.6 Å². The molecule has 0 saturated heterocycles. The lowest BCUT2D eigenvalue weighted by Crippen LogP contribution is -2.13. The SMILES string of the molecule is COc1cc(CC(=O)c2ccc(F)cc2)c(C(=O)O)c(OC)c1CCC(C)CCC=C(C)C. The molecule has 0 radical (unpaired) electrons. The quantitative estimate of drug-likeness (QED) is 0.300. The van der Waals surface area contributed by atoms with Crippen molar-refractivity contribution in [1.82, 2.24) is 0 Å². The van der Waals surface area contributed by atoms with Crippen LogP contribution >= 0.6 is 0 Å². The summed E-state index contributed by atoms with van der Waals surface area (Å²) in [5.41, 5.74) is 2.54. The van der Waals surface area contributed by atoms with Gasteiger partial charge in [-0.25, -0.2) is 9.18 Å². The van der Waals surface area contributed by atoms with Crippen molar-refractivity contribution in [1.29, 1.82) is 0 Å². The lowest BCUT2D eigenvalue weighted by atomic mass is 9.91. The van der Waals surface area contributed by atoms with Crippen LogP contribution in [-0.2, 0) is 12.8 Å². The van der Waals surface area contributed by atoms with Gasteiger partial charge in [0.1, 0.15) is 22.9 Å². The molecule has 0 spiro atoms. The normalized spacial score (nSPS) is 11.6. The van der Waals surface area contributed by atoms with Crippen LogP contribution in [0.3, 0.4) is 0 Å². The van der Waals surface area contributed by atoms with E-state index in [2.05, 4.69) is 26.8 Å². The number of rotatable bonds is 12. The van der Waals surface area contributed by atoms with Gasteiger partial charge in [0.15, 0.2) is 5.78 Å². The Morgan fingerprint density at radius 1 is 1.09 bits per heavy atom. The molecule has 33 heavy (non-hydrogen) atoms. The van der Waals surface area contributed by atoms with Crippen LogP contribution in [0.25, 0.3) is 0 Å². The third-order valence-electron chi connectivity index (χ3n) is 5.68. The number of aromatic carboxylic acids is 1. The van der Waals surface area contributed by atoms with Crippen LogP contribution in [0.15, 0.2) is 42.0 Å². The molecule has 0 aliphatic carbocycles. The highest BCUT2D eigenvalue weighted by Gasteiger charge is 2.26. The summed E-state index contributed by atoms with van der Waals surface area (Å²) in [7, 11) is 2.94. The number of carbonyl (C=O) groups excluding carboxylic acids is 1. The highest BCUT2D eigenvalue weighted by atomic mass is 19.1. The van der Waals surface area contributed by atoms with Crippen LogP contribution in [-0.4, -0.2) is 31.1 Å². The molecule has 5 nitrogen and oxygen atoms in total. The summed E-state index contributed by atoms with van der Waals surface area (Å²) < 4.78 is 24.3. The smallest absolute Gasteiger partial charge is 0.339 e. The number of carboxylic acid groups (broad SMARTS) is 1. The molecule has 1 atom stereocenters. The first-order chi connectivity index (χ1) is 15.7. The van der Waals surface area contributed by atoms with Gasteiger partial charge in [-0.2, -0.15) is 0 Å². The van der Waals surface area contributed by atoms with Crippen molar-refractivity contribution >= 4 is 11.8 Å². The molecule has 178 valence electrons. The van der Waals surface area contributed by atoms with Crippen molar-refractivity contribution in [3.63, 3.8) is 0 Å². The molecule has 0 bridgehead atoms. The minimum atomic E-state index is -1.17. The number of halogens is 1. The van der Waals surface area contributed by atoms with Crippen LogP contribution in [0.1, 0.15) is 71.9 Å². The number of methoxy groups -OCH3 is 2. The van der Waals surface area contributed by atoms with Gasteiger partial charge in [-0.1, -0.05) is 18.6 Å². The van der Waals surface area contributed by atoms with Gasteiger partial charge in [-0.15, -0.1) is 0 Å². The van der Waals surface area contributed by atoms with E-state index in [0.29, 0.717) is 34.8 Å². The molecule has 0 heterocycles. The van der Waals surface area contributed by atoms with Crippen molar-refractivity contribution in [3.8, 4) is 11.5 Å². The van der Waals surface area contributed by atoms with E-state index in [1.54, 1.807) is 6.07 Å². The monoisotopic (exact) mass is 456 g/mol.